The van der Waals surface area contributed by atoms with Crippen molar-refractivity contribution in [2.45, 2.75) is 30.7 Å². The van der Waals surface area contributed by atoms with Gasteiger partial charge in [-0.25, -0.2) is 0 Å². The summed E-state index contributed by atoms with van der Waals surface area (Å²) in [5.74, 6) is 2.17. The second-order valence-corrected chi connectivity index (χ2v) is 6.18. The molecule has 1 atom stereocenters. The van der Waals surface area contributed by atoms with Gasteiger partial charge in [0.2, 0.25) is 0 Å². The highest BCUT2D eigenvalue weighted by molar-refractivity contribution is 7.99. The molecule has 0 saturated heterocycles. The van der Waals surface area contributed by atoms with Gasteiger partial charge in [0.1, 0.15) is 5.75 Å². The van der Waals surface area contributed by atoms with Crippen LogP contribution >= 0.6 is 24.2 Å². The van der Waals surface area contributed by atoms with E-state index >= 15 is 0 Å². The SMILES string of the molecule is CCCN1CCC=C2c3cccc(OC)c3SCC21.Cl. The molecule has 3 rings (SSSR count). The fourth-order valence-electron chi connectivity index (χ4n) is 3.13. The van der Waals surface area contributed by atoms with Crippen LogP contribution in [0.4, 0.5) is 0 Å². The highest BCUT2D eigenvalue weighted by Gasteiger charge is 2.32. The van der Waals surface area contributed by atoms with Crippen LogP contribution in [0.3, 0.4) is 0 Å². The summed E-state index contributed by atoms with van der Waals surface area (Å²) in [6, 6.07) is 7.02. The van der Waals surface area contributed by atoms with Crippen LogP contribution in [0, 0.1) is 0 Å². The number of nitrogens with zero attached hydrogens (tertiary/aromatic N) is 1. The minimum Gasteiger partial charge on any atom is -0.496 e. The Balaban J connectivity index is 0.00000147. The Morgan fingerprint density at radius 2 is 2.25 bits per heavy atom. The van der Waals surface area contributed by atoms with Crippen LogP contribution in [-0.2, 0) is 0 Å². The van der Waals surface area contributed by atoms with Gasteiger partial charge in [0.25, 0.3) is 0 Å². The number of thioether (sulfide) groups is 1. The number of hydrogen-bond donors (Lipinski definition) is 0. The number of ether oxygens (including phenoxy) is 1. The van der Waals surface area contributed by atoms with Gasteiger partial charge in [-0.2, -0.15) is 0 Å². The summed E-state index contributed by atoms with van der Waals surface area (Å²) in [5, 5.41) is 0. The lowest BCUT2D eigenvalue weighted by Crippen LogP contribution is -2.42. The molecule has 110 valence electrons. The molecule has 4 heteroatoms. The van der Waals surface area contributed by atoms with Gasteiger partial charge >= 0.3 is 0 Å². The highest BCUT2D eigenvalue weighted by Crippen LogP contribution is 2.45. The largest absolute Gasteiger partial charge is 0.496 e. The van der Waals surface area contributed by atoms with Crippen molar-refractivity contribution in [2.24, 2.45) is 0 Å². The predicted octanol–water partition coefficient (Wildman–Crippen LogP) is 4.09. The van der Waals surface area contributed by atoms with Gasteiger partial charge in [-0.1, -0.05) is 25.1 Å². The van der Waals surface area contributed by atoms with Crippen molar-refractivity contribution < 1.29 is 4.74 Å². The number of halogens is 1. The molecule has 1 aromatic rings. The van der Waals surface area contributed by atoms with Crippen LogP contribution in [0.1, 0.15) is 25.3 Å². The second-order valence-electron chi connectivity index (χ2n) is 5.15. The van der Waals surface area contributed by atoms with E-state index < -0.39 is 0 Å². The van der Waals surface area contributed by atoms with Crippen molar-refractivity contribution in [2.75, 3.05) is 26.0 Å². The zero-order valence-electron chi connectivity index (χ0n) is 12.1. The van der Waals surface area contributed by atoms with E-state index in [-0.39, 0.29) is 12.4 Å². The Bertz CT molecular complexity index is 503. The quantitative estimate of drug-likeness (QED) is 0.834. The van der Waals surface area contributed by atoms with Gasteiger partial charge in [-0.15, -0.1) is 24.2 Å². The monoisotopic (exact) mass is 311 g/mol. The average Bonchev–Trinajstić information content (AvgIpc) is 2.47. The van der Waals surface area contributed by atoms with Crippen LogP contribution < -0.4 is 4.74 Å². The Labute approximate surface area is 132 Å². The summed E-state index contributed by atoms with van der Waals surface area (Å²) in [5.41, 5.74) is 2.91. The van der Waals surface area contributed by atoms with Crippen LogP contribution in [0.15, 0.2) is 29.2 Å². The lowest BCUT2D eigenvalue weighted by atomic mass is 9.93. The molecule has 0 amide bonds. The second kappa shape index (κ2) is 6.88. The highest BCUT2D eigenvalue weighted by atomic mass is 35.5. The van der Waals surface area contributed by atoms with Gasteiger partial charge < -0.3 is 4.74 Å². The molecule has 2 heterocycles. The summed E-state index contributed by atoms with van der Waals surface area (Å²) < 4.78 is 5.51. The van der Waals surface area contributed by atoms with E-state index in [2.05, 4.69) is 36.1 Å². The van der Waals surface area contributed by atoms with E-state index in [1.54, 1.807) is 7.11 Å². The van der Waals surface area contributed by atoms with Gasteiger partial charge in [-0.3, -0.25) is 4.90 Å². The molecule has 2 nitrogen and oxygen atoms in total. The molecular weight excluding hydrogens is 290 g/mol. The summed E-state index contributed by atoms with van der Waals surface area (Å²) in [7, 11) is 1.76. The minimum absolute atomic E-state index is 0. The number of benzene rings is 1. The molecule has 0 aromatic heterocycles. The van der Waals surface area contributed by atoms with Crippen molar-refractivity contribution in [3.63, 3.8) is 0 Å². The molecule has 0 N–H and O–H groups in total. The first-order chi connectivity index (χ1) is 9.35. The fourth-order valence-corrected chi connectivity index (χ4v) is 4.48. The van der Waals surface area contributed by atoms with Gasteiger partial charge in [0, 0.05) is 18.3 Å². The van der Waals surface area contributed by atoms with Crippen LogP contribution in [0.2, 0.25) is 0 Å². The molecule has 1 aromatic carbocycles. The predicted molar refractivity (Wildman–Crippen MR) is 89.2 cm³/mol. The molecule has 0 aliphatic carbocycles. The van der Waals surface area contributed by atoms with Crippen LogP contribution in [-0.4, -0.2) is 36.9 Å². The average molecular weight is 312 g/mol. The Morgan fingerprint density at radius 1 is 1.40 bits per heavy atom. The van der Waals surface area contributed by atoms with E-state index in [1.165, 1.54) is 42.0 Å². The molecule has 1 unspecified atom stereocenters. The van der Waals surface area contributed by atoms with E-state index in [9.17, 15) is 0 Å². The molecule has 0 spiro atoms. The fraction of sp³-hybridized carbons (Fsp3) is 0.500. The first kappa shape index (κ1) is 15.7. The smallest absolute Gasteiger partial charge is 0.133 e. The molecule has 2 aliphatic rings. The molecule has 0 saturated carbocycles. The van der Waals surface area contributed by atoms with Gasteiger partial charge in [0.05, 0.1) is 12.0 Å². The van der Waals surface area contributed by atoms with Crippen molar-refractivity contribution in [1.82, 2.24) is 4.90 Å². The van der Waals surface area contributed by atoms with Crippen molar-refractivity contribution in [1.29, 1.82) is 0 Å². The molecule has 0 bridgehead atoms. The summed E-state index contributed by atoms with van der Waals surface area (Å²) >= 11 is 1.95. The van der Waals surface area contributed by atoms with Crippen LogP contribution in [0.25, 0.3) is 5.57 Å². The molecule has 2 aliphatic heterocycles. The van der Waals surface area contributed by atoms with Crippen molar-refractivity contribution >= 4 is 29.7 Å². The molecule has 0 radical (unpaired) electrons. The lowest BCUT2D eigenvalue weighted by Gasteiger charge is -2.39. The normalized spacial score (nSPS) is 21.3. The Morgan fingerprint density at radius 3 is 3.00 bits per heavy atom. The van der Waals surface area contributed by atoms with Crippen molar-refractivity contribution in [3.05, 3.63) is 29.8 Å². The zero-order valence-corrected chi connectivity index (χ0v) is 13.7. The third-order valence-electron chi connectivity index (χ3n) is 3.99. The maximum Gasteiger partial charge on any atom is 0.133 e. The lowest BCUT2D eigenvalue weighted by molar-refractivity contribution is 0.245. The van der Waals surface area contributed by atoms with Crippen molar-refractivity contribution in [3.8, 4) is 5.75 Å². The third-order valence-corrected chi connectivity index (χ3v) is 5.18. The van der Waals surface area contributed by atoms with E-state index in [4.69, 9.17) is 4.74 Å². The Kier molecular flexibility index (Phi) is 5.42. The molecular formula is C16H22ClNOS. The number of methoxy groups -OCH3 is 1. The van der Waals surface area contributed by atoms with Gasteiger partial charge in [-0.05, 0) is 36.6 Å². The minimum atomic E-state index is 0. The Hall–Kier alpha value is -0.640. The zero-order chi connectivity index (χ0) is 13.2. The van der Waals surface area contributed by atoms with Crippen LogP contribution in [0.5, 0.6) is 5.75 Å². The third kappa shape index (κ3) is 2.72. The topological polar surface area (TPSA) is 12.5 Å². The maximum atomic E-state index is 5.51. The van der Waals surface area contributed by atoms with E-state index in [0.29, 0.717) is 6.04 Å². The number of rotatable bonds is 3. The summed E-state index contributed by atoms with van der Waals surface area (Å²) in [6.45, 7) is 4.69. The standard InChI is InChI=1S/C16H21NOS.ClH/c1-3-9-17-10-5-7-12-13-6-4-8-15(18-2)16(13)19-11-14(12)17;/h4,6-8,14H,3,5,9-11H2,1-2H3;1H. The van der Waals surface area contributed by atoms with Gasteiger partial charge in [0.15, 0.2) is 0 Å². The molecule has 0 fully saturated rings. The van der Waals surface area contributed by atoms with E-state index in [1.807, 2.05) is 11.8 Å². The number of fused-ring (bicyclic) bond motifs is 3. The first-order valence-corrected chi connectivity index (χ1v) is 8.08. The number of hydrogen-bond acceptors (Lipinski definition) is 3. The maximum absolute atomic E-state index is 5.51. The van der Waals surface area contributed by atoms with E-state index in [0.717, 1.165) is 11.5 Å². The molecule has 20 heavy (non-hydrogen) atoms. The first-order valence-electron chi connectivity index (χ1n) is 7.09. The summed E-state index contributed by atoms with van der Waals surface area (Å²) in [4.78, 5) is 3.97. The summed E-state index contributed by atoms with van der Waals surface area (Å²) in [6.07, 6.45) is 4.85.